The van der Waals surface area contributed by atoms with E-state index in [2.05, 4.69) is 5.10 Å². The van der Waals surface area contributed by atoms with Crippen molar-refractivity contribution >= 4 is 11.9 Å². The minimum atomic E-state index is -0.906. The van der Waals surface area contributed by atoms with Gasteiger partial charge in [-0.3, -0.25) is 14.3 Å². The monoisotopic (exact) mass is 337 g/mol. The summed E-state index contributed by atoms with van der Waals surface area (Å²) in [6.45, 7) is 9.39. The molecule has 2 heterocycles. The number of rotatable bonds is 5. The van der Waals surface area contributed by atoms with Gasteiger partial charge in [0.1, 0.15) is 0 Å². The summed E-state index contributed by atoms with van der Waals surface area (Å²) in [4.78, 5) is 25.6. The van der Waals surface area contributed by atoms with Gasteiger partial charge in [0, 0.05) is 31.5 Å². The molecule has 134 valence electrons. The molecule has 0 atom stereocenters. The number of aromatic nitrogens is 2. The predicted molar refractivity (Wildman–Crippen MR) is 89.1 cm³/mol. The number of carboxylic acids is 1. The van der Waals surface area contributed by atoms with Crippen molar-refractivity contribution in [2.75, 3.05) is 19.8 Å². The van der Waals surface area contributed by atoms with E-state index >= 15 is 0 Å². The van der Waals surface area contributed by atoms with Crippen LogP contribution in [0.1, 0.15) is 56.2 Å². The smallest absolute Gasteiger partial charge is 0.305 e. The van der Waals surface area contributed by atoms with Crippen molar-refractivity contribution in [3.05, 3.63) is 17.5 Å². The quantitative estimate of drug-likeness (QED) is 0.889. The van der Waals surface area contributed by atoms with Crippen LogP contribution < -0.4 is 0 Å². The number of ether oxygens (including phenoxy) is 1. The first-order valence-electron chi connectivity index (χ1n) is 8.38. The lowest BCUT2D eigenvalue weighted by Crippen LogP contribution is -2.44. The summed E-state index contributed by atoms with van der Waals surface area (Å²) in [7, 11) is 0. The fourth-order valence-corrected chi connectivity index (χ4v) is 3.07. The number of nitrogens with zero attached hydrogens (tertiary/aromatic N) is 3. The Hall–Kier alpha value is -1.89. The van der Waals surface area contributed by atoms with Crippen LogP contribution in [-0.2, 0) is 15.1 Å². The molecule has 24 heavy (non-hydrogen) atoms. The molecule has 0 unspecified atom stereocenters. The van der Waals surface area contributed by atoms with Crippen LogP contribution >= 0.6 is 0 Å². The van der Waals surface area contributed by atoms with E-state index in [0.717, 1.165) is 18.5 Å². The van der Waals surface area contributed by atoms with Crippen molar-refractivity contribution in [1.29, 1.82) is 0 Å². The summed E-state index contributed by atoms with van der Waals surface area (Å²) in [6.07, 6.45) is 1.39. The first-order valence-corrected chi connectivity index (χ1v) is 8.38. The van der Waals surface area contributed by atoms with Gasteiger partial charge in [0.05, 0.1) is 12.0 Å². The first-order chi connectivity index (χ1) is 11.2. The number of hydrogen-bond donors (Lipinski definition) is 1. The average molecular weight is 337 g/mol. The lowest BCUT2D eigenvalue weighted by Gasteiger charge is -2.33. The maximum Gasteiger partial charge on any atom is 0.305 e. The lowest BCUT2D eigenvalue weighted by molar-refractivity contribution is -0.137. The summed E-state index contributed by atoms with van der Waals surface area (Å²) in [5.41, 5.74) is 1.07. The number of amides is 1. The topological polar surface area (TPSA) is 84.7 Å². The summed E-state index contributed by atoms with van der Waals surface area (Å²) < 4.78 is 7.19. The van der Waals surface area contributed by atoms with Gasteiger partial charge >= 0.3 is 5.97 Å². The van der Waals surface area contributed by atoms with Crippen molar-refractivity contribution in [2.45, 2.75) is 58.5 Å². The third-order valence-electron chi connectivity index (χ3n) is 4.20. The SMILES string of the molecule is Cc1cc(C(=O)N(CCC(=O)O)C2CCOCC2)nn1C(C)(C)C. The summed E-state index contributed by atoms with van der Waals surface area (Å²) in [5, 5.41) is 13.5. The molecule has 2 rings (SSSR count). The van der Waals surface area contributed by atoms with Gasteiger partial charge in [-0.05, 0) is 46.6 Å². The number of hydrogen-bond acceptors (Lipinski definition) is 4. The molecule has 1 fully saturated rings. The van der Waals surface area contributed by atoms with Crippen molar-refractivity contribution in [3.8, 4) is 0 Å². The largest absolute Gasteiger partial charge is 0.481 e. The van der Waals surface area contributed by atoms with Crippen LogP contribution in [0.15, 0.2) is 6.07 Å². The van der Waals surface area contributed by atoms with E-state index in [4.69, 9.17) is 9.84 Å². The molecule has 1 saturated heterocycles. The van der Waals surface area contributed by atoms with E-state index in [9.17, 15) is 9.59 Å². The zero-order chi connectivity index (χ0) is 17.9. The van der Waals surface area contributed by atoms with Gasteiger partial charge in [-0.25, -0.2) is 0 Å². The summed E-state index contributed by atoms with van der Waals surface area (Å²) >= 11 is 0. The zero-order valence-electron chi connectivity index (χ0n) is 14.9. The van der Waals surface area contributed by atoms with E-state index in [-0.39, 0.29) is 30.5 Å². The Morgan fingerprint density at radius 2 is 2.00 bits per heavy atom. The van der Waals surface area contributed by atoms with Crippen molar-refractivity contribution < 1.29 is 19.4 Å². The fraction of sp³-hybridized carbons (Fsp3) is 0.706. The van der Waals surface area contributed by atoms with Gasteiger partial charge in [0.2, 0.25) is 0 Å². The number of aliphatic carboxylic acids is 1. The van der Waals surface area contributed by atoms with Gasteiger partial charge in [-0.2, -0.15) is 5.10 Å². The lowest BCUT2D eigenvalue weighted by atomic mass is 10.1. The standard InChI is InChI=1S/C17H27N3O4/c1-12-11-14(18-20(12)17(2,3)4)16(23)19(8-5-15(21)22)13-6-9-24-10-7-13/h11,13H,5-10H2,1-4H3,(H,21,22). The summed E-state index contributed by atoms with van der Waals surface area (Å²) in [6, 6.07) is 1.78. The molecule has 0 saturated carbocycles. The second-order valence-corrected chi connectivity index (χ2v) is 7.24. The highest BCUT2D eigenvalue weighted by Gasteiger charge is 2.29. The molecule has 1 aliphatic rings. The Morgan fingerprint density at radius 1 is 1.38 bits per heavy atom. The van der Waals surface area contributed by atoms with Gasteiger partial charge in [0.25, 0.3) is 5.91 Å². The molecular weight excluding hydrogens is 310 g/mol. The normalized spacial score (nSPS) is 16.2. The molecular formula is C17H27N3O4. The van der Waals surface area contributed by atoms with Crippen LogP contribution in [0.25, 0.3) is 0 Å². The Kier molecular flexibility index (Phi) is 5.64. The van der Waals surface area contributed by atoms with Crippen LogP contribution in [0, 0.1) is 6.92 Å². The molecule has 1 aromatic rings. The van der Waals surface area contributed by atoms with Crippen molar-refractivity contribution in [3.63, 3.8) is 0 Å². The molecule has 7 nitrogen and oxygen atoms in total. The molecule has 1 N–H and O–H groups in total. The highest BCUT2D eigenvalue weighted by atomic mass is 16.5. The van der Waals surface area contributed by atoms with Crippen LogP contribution in [0.3, 0.4) is 0 Å². The molecule has 1 amide bonds. The Labute approximate surface area is 142 Å². The van der Waals surface area contributed by atoms with E-state index in [1.807, 2.05) is 32.4 Å². The van der Waals surface area contributed by atoms with Crippen LogP contribution in [-0.4, -0.2) is 57.5 Å². The molecule has 0 spiro atoms. The Bertz CT molecular complexity index is 597. The molecule has 1 aliphatic heterocycles. The maximum absolute atomic E-state index is 13.0. The number of carbonyl (C=O) groups is 2. The average Bonchev–Trinajstić information content (AvgIpc) is 2.90. The molecule has 0 bridgehead atoms. The first kappa shape index (κ1) is 18.4. The second-order valence-electron chi connectivity index (χ2n) is 7.24. The second kappa shape index (κ2) is 7.34. The maximum atomic E-state index is 13.0. The zero-order valence-corrected chi connectivity index (χ0v) is 14.9. The van der Waals surface area contributed by atoms with E-state index in [0.29, 0.717) is 18.9 Å². The van der Waals surface area contributed by atoms with E-state index < -0.39 is 5.97 Å². The highest BCUT2D eigenvalue weighted by molar-refractivity contribution is 5.93. The molecule has 1 aromatic heterocycles. The van der Waals surface area contributed by atoms with E-state index in [1.165, 1.54) is 0 Å². The number of carboxylic acid groups (broad SMARTS) is 1. The van der Waals surface area contributed by atoms with Gasteiger partial charge < -0.3 is 14.7 Å². The van der Waals surface area contributed by atoms with Gasteiger partial charge in [-0.1, -0.05) is 0 Å². The van der Waals surface area contributed by atoms with Crippen molar-refractivity contribution in [2.24, 2.45) is 0 Å². The third kappa shape index (κ3) is 4.35. The van der Waals surface area contributed by atoms with Gasteiger partial charge in [-0.15, -0.1) is 0 Å². The van der Waals surface area contributed by atoms with E-state index in [1.54, 1.807) is 11.0 Å². The number of carbonyl (C=O) groups excluding carboxylic acids is 1. The molecule has 7 heteroatoms. The molecule has 0 aromatic carbocycles. The highest BCUT2D eigenvalue weighted by Crippen LogP contribution is 2.21. The molecule has 0 aliphatic carbocycles. The molecule has 0 radical (unpaired) electrons. The minimum absolute atomic E-state index is 0.00527. The van der Waals surface area contributed by atoms with Crippen LogP contribution in [0.5, 0.6) is 0 Å². The van der Waals surface area contributed by atoms with Gasteiger partial charge in [0.15, 0.2) is 5.69 Å². The van der Waals surface area contributed by atoms with Crippen LogP contribution in [0.2, 0.25) is 0 Å². The van der Waals surface area contributed by atoms with Crippen LogP contribution in [0.4, 0.5) is 0 Å². The third-order valence-corrected chi connectivity index (χ3v) is 4.20. The fourth-order valence-electron chi connectivity index (χ4n) is 3.07. The number of aryl methyl sites for hydroxylation is 1. The predicted octanol–water partition coefficient (Wildman–Crippen LogP) is 2.04. The van der Waals surface area contributed by atoms with Crippen molar-refractivity contribution in [1.82, 2.24) is 14.7 Å². The Morgan fingerprint density at radius 3 is 2.50 bits per heavy atom. The summed E-state index contributed by atoms with van der Waals surface area (Å²) in [5.74, 6) is -1.11. The minimum Gasteiger partial charge on any atom is -0.481 e. The Balaban J connectivity index is 2.24.